The number of nitrogens with zero attached hydrogens (tertiary/aromatic N) is 4. The van der Waals surface area contributed by atoms with Crippen molar-refractivity contribution in [3.05, 3.63) is 69.5 Å². The molecule has 0 aliphatic carbocycles. The molecule has 13 heteroatoms. The number of hydrogen-bond donors (Lipinski definition) is 3. The van der Waals surface area contributed by atoms with E-state index in [1.54, 1.807) is 12.3 Å². The molecule has 0 unspecified atom stereocenters. The maximum atomic E-state index is 15.7. The van der Waals surface area contributed by atoms with Crippen LogP contribution in [0.15, 0.2) is 41.5 Å². The van der Waals surface area contributed by atoms with Crippen LogP contribution in [0.5, 0.6) is 0 Å². The Labute approximate surface area is 233 Å². The molecule has 1 aromatic carbocycles. The van der Waals surface area contributed by atoms with E-state index < -0.39 is 29.3 Å². The third-order valence-electron chi connectivity index (χ3n) is 7.41. The van der Waals surface area contributed by atoms with E-state index in [2.05, 4.69) is 27.1 Å². The van der Waals surface area contributed by atoms with Crippen LogP contribution in [0.4, 0.5) is 34.7 Å². The summed E-state index contributed by atoms with van der Waals surface area (Å²) in [5.41, 5.74) is 5.92. The number of nitrogens with one attached hydrogen (secondary N) is 2. The number of thiazole rings is 1. The Morgan fingerprint density at radius 3 is 2.67 bits per heavy atom. The lowest BCUT2D eigenvalue weighted by molar-refractivity contribution is 0.101. The van der Waals surface area contributed by atoms with E-state index in [1.165, 1.54) is 17.4 Å². The summed E-state index contributed by atoms with van der Waals surface area (Å²) in [6.07, 6.45) is 2.01. The minimum absolute atomic E-state index is 0.177. The van der Waals surface area contributed by atoms with Gasteiger partial charge >= 0.3 is 0 Å². The molecule has 2 aliphatic heterocycles. The lowest BCUT2D eigenvalue weighted by atomic mass is 9.97. The smallest absolute Gasteiger partial charge is 0.264 e. The number of H-pyrrole nitrogens is 1. The van der Waals surface area contributed by atoms with Gasteiger partial charge in [-0.15, -0.1) is 0 Å². The molecule has 1 saturated heterocycles. The van der Waals surface area contributed by atoms with Crippen LogP contribution in [0.25, 0.3) is 5.57 Å². The molecule has 0 bridgehead atoms. The highest BCUT2D eigenvalue weighted by Crippen LogP contribution is 2.37. The third kappa shape index (κ3) is 5.70. The van der Waals surface area contributed by atoms with Crippen molar-refractivity contribution >= 4 is 44.3 Å². The number of alkyl halides is 2. The normalized spacial score (nSPS) is 18.2. The summed E-state index contributed by atoms with van der Waals surface area (Å²) >= 11 is 1.38. The SMILES string of the molecule is C[C@H]1CN(c2cc(F)c(C3=CCN(c4ncc(N)s4)CC3)cc2NC(=O)c2c[nH]c(=O)cc2C(F)F)CCN1C. The van der Waals surface area contributed by atoms with Crippen LogP contribution in [0.2, 0.25) is 0 Å². The minimum atomic E-state index is -3.02. The molecule has 1 amide bonds. The number of hydrogen-bond acceptors (Lipinski definition) is 8. The summed E-state index contributed by atoms with van der Waals surface area (Å²) in [4.78, 5) is 37.7. The fourth-order valence-corrected chi connectivity index (χ4v) is 5.72. The summed E-state index contributed by atoms with van der Waals surface area (Å²) in [6, 6.07) is 3.87. The summed E-state index contributed by atoms with van der Waals surface area (Å²) in [5, 5.41) is 4.13. The molecule has 2 aromatic heterocycles. The highest BCUT2D eigenvalue weighted by Gasteiger charge is 2.27. The van der Waals surface area contributed by atoms with Crippen LogP contribution >= 0.6 is 11.3 Å². The first-order valence-corrected chi connectivity index (χ1v) is 13.7. The second-order valence-electron chi connectivity index (χ2n) is 10.0. The standard InChI is InChI=1S/C27H30F3N7O2S/c1-15-14-37(8-7-35(15)2)22-11-20(28)17(16-3-5-36(6-4-16)27-33-13-23(31)40-27)9-21(22)34-26(39)19-12-32-24(38)10-18(19)25(29)30/h3,9-13,15,25H,4-8,14,31H2,1-2H3,(H,32,38)(H,34,39)/t15-/m0/s1. The number of aromatic nitrogens is 2. The Morgan fingerprint density at radius 2 is 2.02 bits per heavy atom. The van der Waals surface area contributed by atoms with E-state index in [0.717, 1.165) is 23.4 Å². The summed E-state index contributed by atoms with van der Waals surface area (Å²) < 4.78 is 43.0. The topological polar surface area (TPSA) is 111 Å². The number of benzene rings is 1. The van der Waals surface area contributed by atoms with Gasteiger partial charge in [0.1, 0.15) is 10.8 Å². The molecular formula is C27H30F3N7O2S. The Hall–Kier alpha value is -3.84. The monoisotopic (exact) mass is 573 g/mol. The van der Waals surface area contributed by atoms with E-state index >= 15 is 4.39 Å². The summed E-state index contributed by atoms with van der Waals surface area (Å²) in [7, 11) is 2.01. The van der Waals surface area contributed by atoms with Gasteiger partial charge in [-0.2, -0.15) is 0 Å². The van der Waals surface area contributed by atoms with Crippen molar-refractivity contribution in [2.45, 2.75) is 25.8 Å². The maximum Gasteiger partial charge on any atom is 0.264 e. The van der Waals surface area contributed by atoms with Crippen LogP contribution in [-0.4, -0.2) is 66.6 Å². The number of carbonyl (C=O) groups excluding carboxylic acids is 1. The Kier molecular flexibility index (Phi) is 7.86. The highest BCUT2D eigenvalue weighted by atomic mass is 32.1. The summed E-state index contributed by atoms with van der Waals surface area (Å²) in [5.74, 6) is -1.26. The van der Waals surface area contributed by atoms with Crippen LogP contribution in [0, 0.1) is 5.82 Å². The molecule has 9 nitrogen and oxygen atoms in total. The van der Waals surface area contributed by atoms with Gasteiger partial charge in [0.05, 0.1) is 23.1 Å². The zero-order valence-electron chi connectivity index (χ0n) is 22.1. The fraction of sp³-hybridized carbons (Fsp3) is 0.370. The van der Waals surface area contributed by atoms with Gasteiger partial charge in [-0.05, 0) is 38.1 Å². The second-order valence-corrected chi connectivity index (χ2v) is 11.1. The number of carbonyl (C=O) groups is 1. The fourth-order valence-electron chi connectivity index (χ4n) is 5.00. The average molecular weight is 574 g/mol. The number of rotatable bonds is 6. The molecule has 1 atom stereocenters. The van der Waals surface area contributed by atoms with E-state index in [4.69, 9.17) is 5.73 Å². The van der Waals surface area contributed by atoms with Gasteiger partial charge in [0.15, 0.2) is 5.13 Å². The molecule has 2 aliphatic rings. The number of nitrogen functional groups attached to an aromatic ring is 1. The van der Waals surface area contributed by atoms with E-state index in [1.807, 2.05) is 22.9 Å². The predicted octanol–water partition coefficient (Wildman–Crippen LogP) is 4.18. The zero-order valence-corrected chi connectivity index (χ0v) is 22.9. The van der Waals surface area contributed by atoms with Crippen molar-refractivity contribution in [3.8, 4) is 0 Å². The molecule has 4 N–H and O–H groups in total. The van der Waals surface area contributed by atoms with Gasteiger partial charge in [-0.1, -0.05) is 17.4 Å². The van der Waals surface area contributed by atoms with Gasteiger partial charge in [0.25, 0.3) is 12.3 Å². The largest absolute Gasteiger partial charge is 0.389 e. The molecule has 0 radical (unpaired) electrons. The van der Waals surface area contributed by atoms with Crippen LogP contribution in [0.1, 0.15) is 41.3 Å². The van der Waals surface area contributed by atoms with E-state index in [9.17, 15) is 18.4 Å². The Morgan fingerprint density at radius 1 is 1.23 bits per heavy atom. The number of pyridine rings is 1. The number of likely N-dealkylation sites (N-methyl/N-ethyl adjacent to an activating group) is 1. The van der Waals surface area contributed by atoms with Crippen molar-refractivity contribution in [2.24, 2.45) is 0 Å². The maximum absolute atomic E-state index is 15.7. The number of halogens is 3. The van der Waals surface area contributed by atoms with Crippen LogP contribution in [0.3, 0.4) is 0 Å². The number of piperazine rings is 1. The first-order chi connectivity index (χ1) is 19.1. The quantitative estimate of drug-likeness (QED) is 0.406. The molecule has 1 fully saturated rings. The van der Waals surface area contributed by atoms with Crippen LogP contribution in [-0.2, 0) is 0 Å². The zero-order chi connectivity index (χ0) is 28.6. The van der Waals surface area contributed by atoms with Gasteiger partial charge in [0, 0.05) is 62.2 Å². The highest BCUT2D eigenvalue weighted by molar-refractivity contribution is 7.19. The molecule has 0 saturated carbocycles. The Bertz CT molecular complexity index is 1510. The second kappa shape index (κ2) is 11.3. The van der Waals surface area contributed by atoms with Crippen molar-refractivity contribution in [1.29, 1.82) is 0 Å². The molecule has 4 heterocycles. The van der Waals surface area contributed by atoms with Crippen molar-refractivity contribution in [2.75, 3.05) is 60.6 Å². The predicted molar refractivity (Wildman–Crippen MR) is 152 cm³/mol. The molecule has 5 rings (SSSR count). The summed E-state index contributed by atoms with van der Waals surface area (Å²) in [6.45, 7) is 5.09. The number of aromatic amines is 1. The van der Waals surface area contributed by atoms with E-state index in [0.29, 0.717) is 60.6 Å². The number of anilines is 4. The van der Waals surface area contributed by atoms with Gasteiger partial charge in [0.2, 0.25) is 5.56 Å². The van der Waals surface area contributed by atoms with Crippen molar-refractivity contribution in [1.82, 2.24) is 14.9 Å². The first kappa shape index (κ1) is 27.7. The molecule has 0 spiro atoms. The molecule has 212 valence electrons. The average Bonchev–Trinajstić information content (AvgIpc) is 3.37. The minimum Gasteiger partial charge on any atom is -0.389 e. The van der Waals surface area contributed by atoms with Gasteiger partial charge in [-0.25, -0.2) is 18.2 Å². The van der Waals surface area contributed by atoms with Gasteiger partial charge in [-0.3, -0.25) is 9.59 Å². The number of nitrogens with two attached hydrogens (primary N) is 1. The molecular weight excluding hydrogens is 543 g/mol. The molecule has 40 heavy (non-hydrogen) atoms. The van der Waals surface area contributed by atoms with E-state index in [-0.39, 0.29) is 11.6 Å². The lowest BCUT2D eigenvalue weighted by Gasteiger charge is -2.40. The third-order valence-corrected chi connectivity index (χ3v) is 8.29. The van der Waals surface area contributed by atoms with Crippen molar-refractivity contribution < 1.29 is 18.0 Å². The first-order valence-electron chi connectivity index (χ1n) is 12.9. The van der Waals surface area contributed by atoms with Crippen molar-refractivity contribution in [3.63, 3.8) is 0 Å². The lowest BCUT2D eigenvalue weighted by Crippen LogP contribution is -2.50. The van der Waals surface area contributed by atoms with Crippen LogP contribution < -0.4 is 26.4 Å². The van der Waals surface area contributed by atoms with Gasteiger partial charge < -0.3 is 30.7 Å². The number of amides is 1. The molecule has 3 aromatic rings. The Balaban J connectivity index is 1.50.